The normalized spacial score (nSPS) is 13.9. The van der Waals surface area contributed by atoms with Gasteiger partial charge in [0.2, 0.25) is 0 Å². The van der Waals surface area contributed by atoms with Crippen molar-refractivity contribution in [3.63, 3.8) is 0 Å². The minimum absolute atomic E-state index is 0.183. The number of para-hydroxylation sites is 1. The lowest BCUT2D eigenvalue weighted by Gasteiger charge is -2.30. The number of hydrogen-bond acceptors (Lipinski definition) is 5. The van der Waals surface area contributed by atoms with Crippen LogP contribution in [-0.4, -0.2) is 66.5 Å². The van der Waals surface area contributed by atoms with E-state index in [1.807, 2.05) is 29.3 Å². The number of carbonyl (C=O) groups excluding carboxylic acids is 1. The van der Waals surface area contributed by atoms with Crippen molar-refractivity contribution in [3.8, 4) is 5.75 Å². The number of hydrogen-bond donors (Lipinski definition) is 1. The molecule has 1 aromatic heterocycles. The molecule has 0 radical (unpaired) electrons. The molecule has 1 amide bonds. The van der Waals surface area contributed by atoms with Crippen LogP contribution < -0.4 is 10.1 Å². The lowest BCUT2D eigenvalue weighted by molar-refractivity contribution is 0.0485. The molecule has 1 N–H and O–H groups in total. The molecule has 2 heterocycles. The van der Waals surface area contributed by atoms with Crippen LogP contribution in [-0.2, 0) is 4.74 Å². The van der Waals surface area contributed by atoms with E-state index in [0.29, 0.717) is 42.8 Å². The number of benzene rings is 1. The summed E-state index contributed by atoms with van der Waals surface area (Å²) >= 11 is 5.47. The second kappa shape index (κ2) is 8.96. The molecule has 1 aliphatic heterocycles. The van der Waals surface area contributed by atoms with Gasteiger partial charge in [0.15, 0.2) is 5.11 Å². The Morgan fingerprint density at radius 1 is 1.26 bits per heavy atom. The molecular weight excluding hydrogens is 364 g/mol. The van der Waals surface area contributed by atoms with Gasteiger partial charge in [-0.2, -0.15) is 0 Å². The maximum absolute atomic E-state index is 13.1. The Balaban J connectivity index is 1.78. The molecule has 1 aliphatic rings. The first kappa shape index (κ1) is 19.3. The van der Waals surface area contributed by atoms with Crippen molar-refractivity contribution in [1.29, 1.82) is 0 Å². The van der Waals surface area contributed by atoms with E-state index < -0.39 is 0 Å². The number of thiocarbonyl (C=S) groups is 1. The summed E-state index contributed by atoms with van der Waals surface area (Å²) in [4.78, 5) is 17.6. The van der Waals surface area contributed by atoms with Gasteiger partial charge in [-0.1, -0.05) is 12.1 Å². The second-order valence-corrected chi connectivity index (χ2v) is 6.60. The Kier molecular flexibility index (Phi) is 6.41. The van der Waals surface area contributed by atoms with Crippen molar-refractivity contribution in [1.82, 2.24) is 20.3 Å². The van der Waals surface area contributed by atoms with Crippen LogP contribution in [0.1, 0.15) is 23.3 Å². The molecule has 0 bridgehead atoms. The molecule has 1 fully saturated rings. The Bertz CT molecular complexity index is 830. The standard InChI is InChI=1S/C19H24N4O3S/c1-25-12-5-9-20-19(27)23-11-6-10-22(23)18(24)16-13-17(26-2)14-7-3-4-8-15(14)21-16/h3-4,7-8,13H,5-6,9-12H2,1-2H3,(H,20,27). The summed E-state index contributed by atoms with van der Waals surface area (Å²) < 4.78 is 10.5. The molecule has 144 valence electrons. The third-order valence-corrected chi connectivity index (χ3v) is 4.77. The van der Waals surface area contributed by atoms with Crippen molar-refractivity contribution >= 4 is 34.1 Å². The molecule has 2 aromatic rings. The van der Waals surface area contributed by atoms with Gasteiger partial charge in [0.25, 0.3) is 5.91 Å². The van der Waals surface area contributed by atoms with E-state index in [4.69, 9.17) is 21.7 Å². The second-order valence-electron chi connectivity index (χ2n) is 6.21. The number of rotatable bonds is 6. The summed E-state index contributed by atoms with van der Waals surface area (Å²) in [5, 5.41) is 8.08. The predicted molar refractivity (Wildman–Crippen MR) is 108 cm³/mol. The van der Waals surface area contributed by atoms with Gasteiger partial charge < -0.3 is 14.8 Å². The number of nitrogens with zero attached hydrogens (tertiary/aromatic N) is 3. The summed E-state index contributed by atoms with van der Waals surface area (Å²) in [6.07, 6.45) is 1.71. The Morgan fingerprint density at radius 2 is 2.04 bits per heavy atom. The Hall–Kier alpha value is -2.45. The van der Waals surface area contributed by atoms with Crippen molar-refractivity contribution in [2.75, 3.05) is 40.5 Å². The van der Waals surface area contributed by atoms with E-state index in [1.165, 1.54) is 0 Å². The highest BCUT2D eigenvalue weighted by atomic mass is 32.1. The van der Waals surface area contributed by atoms with Gasteiger partial charge in [-0.15, -0.1) is 0 Å². The van der Waals surface area contributed by atoms with Gasteiger partial charge in [0.05, 0.1) is 12.6 Å². The molecule has 3 rings (SSSR count). The minimum atomic E-state index is -0.183. The molecule has 8 heteroatoms. The maximum Gasteiger partial charge on any atom is 0.291 e. The molecule has 1 saturated heterocycles. The Labute approximate surface area is 164 Å². The van der Waals surface area contributed by atoms with Crippen LogP contribution in [0, 0.1) is 0 Å². The zero-order valence-corrected chi connectivity index (χ0v) is 16.4. The topological polar surface area (TPSA) is 66.9 Å². The van der Waals surface area contributed by atoms with Gasteiger partial charge in [-0.05, 0) is 37.2 Å². The van der Waals surface area contributed by atoms with Gasteiger partial charge in [0, 0.05) is 44.8 Å². The summed E-state index contributed by atoms with van der Waals surface area (Å²) in [5.41, 5.74) is 1.07. The summed E-state index contributed by atoms with van der Waals surface area (Å²) in [7, 11) is 3.27. The number of nitrogens with one attached hydrogen (secondary N) is 1. The average molecular weight is 388 g/mol. The van der Waals surface area contributed by atoms with Crippen LogP contribution in [0.4, 0.5) is 0 Å². The fourth-order valence-corrected chi connectivity index (χ4v) is 3.38. The van der Waals surface area contributed by atoms with E-state index >= 15 is 0 Å². The highest BCUT2D eigenvalue weighted by Gasteiger charge is 2.30. The number of aromatic nitrogens is 1. The molecular formula is C19H24N4O3S. The lowest BCUT2D eigenvalue weighted by Crippen LogP contribution is -2.49. The van der Waals surface area contributed by atoms with Crippen LogP contribution >= 0.6 is 12.2 Å². The highest BCUT2D eigenvalue weighted by molar-refractivity contribution is 7.80. The quantitative estimate of drug-likeness (QED) is 0.601. The van der Waals surface area contributed by atoms with E-state index in [9.17, 15) is 4.79 Å². The van der Waals surface area contributed by atoms with Crippen LogP contribution in [0.25, 0.3) is 10.9 Å². The molecule has 27 heavy (non-hydrogen) atoms. The first-order valence-corrected chi connectivity index (χ1v) is 9.36. The summed E-state index contributed by atoms with van der Waals surface area (Å²) in [6.45, 7) is 2.68. The van der Waals surface area contributed by atoms with Crippen LogP contribution in [0.3, 0.4) is 0 Å². The molecule has 0 spiro atoms. The third kappa shape index (κ3) is 4.28. The molecule has 0 unspecified atom stereocenters. The SMILES string of the molecule is COCCCNC(=S)N1CCCN1C(=O)c1cc(OC)c2ccccc2n1. The zero-order valence-electron chi connectivity index (χ0n) is 15.6. The number of carbonyl (C=O) groups is 1. The number of amides is 1. The number of fused-ring (bicyclic) bond motifs is 1. The predicted octanol–water partition coefficient (Wildman–Crippen LogP) is 2.22. The van der Waals surface area contributed by atoms with Crippen molar-refractivity contribution in [2.24, 2.45) is 0 Å². The van der Waals surface area contributed by atoms with Crippen molar-refractivity contribution in [3.05, 3.63) is 36.0 Å². The number of ether oxygens (including phenoxy) is 2. The highest BCUT2D eigenvalue weighted by Crippen LogP contribution is 2.26. The van der Waals surface area contributed by atoms with Crippen molar-refractivity contribution in [2.45, 2.75) is 12.8 Å². The van der Waals surface area contributed by atoms with Crippen LogP contribution in [0.15, 0.2) is 30.3 Å². The number of hydrazine groups is 1. The molecule has 7 nitrogen and oxygen atoms in total. The summed E-state index contributed by atoms with van der Waals surface area (Å²) in [5.74, 6) is 0.451. The summed E-state index contributed by atoms with van der Waals surface area (Å²) in [6, 6.07) is 9.30. The van der Waals surface area contributed by atoms with Gasteiger partial charge in [-0.3, -0.25) is 9.80 Å². The van der Waals surface area contributed by atoms with E-state index in [1.54, 1.807) is 25.3 Å². The molecule has 0 aliphatic carbocycles. The number of methoxy groups -OCH3 is 2. The molecule has 0 atom stereocenters. The van der Waals surface area contributed by atoms with Gasteiger partial charge in [-0.25, -0.2) is 9.99 Å². The first-order chi connectivity index (χ1) is 13.2. The van der Waals surface area contributed by atoms with Crippen LogP contribution in [0.2, 0.25) is 0 Å². The third-order valence-electron chi connectivity index (χ3n) is 4.42. The van der Waals surface area contributed by atoms with E-state index in [0.717, 1.165) is 23.7 Å². The fraction of sp³-hybridized carbons (Fsp3) is 0.421. The van der Waals surface area contributed by atoms with Gasteiger partial charge >= 0.3 is 0 Å². The largest absolute Gasteiger partial charge is 0.496 e. The number of pyridine rings is 1. The molecule has 0 saturated carbocycles. The molecule has 1 aromatic carbocycles. The smallest absolute Gasteiger partial charge is 0.291 e. The lowest BCUT2D eigenvalue weighted by atomic mass is 10.1. The Morgan fingerprint density at radius 3 is 2.81 bits per heavy atom. The average Bonchev–Trinajstić information content (AvgIpc) is 3.19. The fourth-order valence-electron chi connectivity index (χ4n) is 3.09. The first-order valence-electron chi connectivity index (χ1n) is 8.95. The van der Waals surface area contributed by atoms with E-state index in [2.05, 4.69) is 10.3 Å². The van der Waals surface area contributed by atoms with Crippen molar-refractivity contribution < 1.29 is 14.3 Å². The monoisotopic (exact) mass is 388 g/mol. The van der Waals surface area contributed by atoms with Gasteiger partial charge in [0.1, 0.15) is 11.4 Å². The zero-order chi connectivity index (χ0) is 19.2. The maximum atomic E-state index is 13.1. The van der Waals surface area contributed by atoms with Crippen LogP contribution in [0.5, 0.6) is 5.75 Å². The van der Waals surface area contributed by atoms with E-state index in [-0.39, 0.29) is 5.91 Å². The minimum Gasteiger partial charge on any atom is -0.496 e.